The number of hydrogen-bond donors (Lipinski definition) is 7. The normalized spacial score (nSPS) is 11.0. The molecular formula is C24H45N5O6. The molecule has 202 valence electrons. The van der Waals surface area contributed by atoms with Gasteiger partial charge in [-0.2, -0.15) is 0 Å². The van der Waals surface area contributed by atoms with E-state index in [9.17, 15) is 14.4 Å². The highest BCUT2D eigenvalue weighted by Gasteiger charge is 2.10. The van der Waals surface area contributed by atoms with Gasteiger partial charge in [-0.15, -0.1) is 0 Å². The number of nitrogens with one attached hydrogen (secondary N) is 4. The maximum absolute atomic E-state index is 11.9. The molecule has 0 radical (unpaired) electrons. The van der Waals surface area contributed by atoms with Crippen molar-refractivity contribution >= 4 is 24.1 Å². The lowest BCUT2D eigenvalue weighted by Crippen LogP contribution is -2.39. The van der Waals surface area contributed by atoms with Crippen LogP contribution in [0.25, 0.3) is 0 Å². The van der Waals surface area contributed by atoms with Crippen molar-refractivity contribution in [2.24, 2.45) is 11.7 Å². The molecule has 3 amide bonds. The highest BCUT2D eigenvalue weighted by molar-refractivity contribution is 5.88. The number of carboxylic acid groups (broad SMARTS) is 1. The number of carboxylic acids is 1. The van der Waals surface area contributed by atoms with E-state index in [2.05, 4.69) is 27.0 Å². The summed E-state index contributed by atoms with van der Waals surface area (Å²) in [6, 6.07) is 5.95. The van der Waals surface area contributed by atoms with Crippen LogP contribution < -0.4 is 27.0 Å². The largest absolute Gasteiger partial charge is 0.478 e. The van der Waals surface area contributed by atoms with E-state index in [0.717, 1.165) is 13.5 Å². The maximum atomic E-state index is 11.9. The molecule has 0 aliphatic rings. The Kier molecular flexibility index (Phi) is 23.6. The van der Waals surface area contributed by atoms with Crippen LogP contribution in [0.3, 0.4) is 0 Å². The number of amides is 3. The summed E-state index contributed by atoms with van der Waals surface area (Å²) in [7, 11) is 4.21. The first-order chi connectivity index (χ1) is 16.5. The van der Waals surface area contributed by atoms with E-state index in [0.29, 0.717) is 30.9 Å². The Labute approximate surface area is 209 Å². The number of rotatable bonds is 10. The summed E-state index contributed by atoms with van der Waals surface area (Å²) in [5.41, 5.74) is 6.16. The number of allylic oxidation sites excluding steroid dienone is 1. The van der Waals surface area contributed by atoms with Gasteiger partial charge in [0.05, 0.1) is 11.2 Å². The second-order valence-electron chi connectivity index (χ2n) is 7.71. The molecule has 0 aromatic heterocycles. The number of hydrogen-bond acceptors (Lipinski definition) is 7. The third-order valence-electron chi connectivity index (χ3n) is 4.18. The molecule has 0 aliphatic carbocycles. The van der Waals surface area contributed by atoms with Gasteiger partial charge in [-0.25, -0.2) is 9.59 Å². The van der Waals surface area contributed by atoms with Crippen LogP contribution in [0.5, 0.6) is 0 Å². The quantitative estimate of drug-likeness (QED) is 0.190. The molecule has 1 rings (SSSR count). The minimum atomic E-state index is -0.982. The highest BCUT2D eigenvalue weighted by Crippen LogP contribution is 2.14. The Balaban J connectivity index is -0.000000875. The summed E-state index contributed by atoms with van der Waals surface area (Å²) in [6.45, 7) is 10.7. The standard InChI is InChI=1S/C17H24N4O4.C5H12O.CH5N.CH4O/c1-3-12(2)15(21-17(25)19-9-8-18-11-22)10-20-14-6-4-13(5-7-14)16(23)24;1-5(2,3)6-4;2*1-2/h4-7,10-12,20H,3,8-9H2,1-2H3,(H,18,22)(H,23,24)(H2,19,21,25);1-4H3;2H2,1H3;2H,1H3/b15-10+;;;. The molecule has 0 aliphatic heterocycles. The molecule has 35 heavy (non-hydrogen) atoms. The number of methoxy groups -OCH3 is 1. The van der Waals surface area contributed by atoms with Crippen LogP contribution in [0.15, 0.2) is 36.2 Å². The van der Waals surface area contributed by atoms with Crippen molar-refractivity contribution in [1.82, 2.24) is 16.0 Å². The molecule has 1 unspecified atom stereocenters. The predicted molar refractivity (Wildman–Crippen MR) is 140 cm³/mol. The van der Waals surface area contributed by atoms with Gasteiger partial charge in [0.1, 0.15) is 0 Å². The number of ether oxygens (including phenoxy) is 1. The van der Waals surface area contributed by atoms with E-state index >= 15 is 0 Å². The summed E-state index contributed by atoms with van der Waals surface area (Å²) >= 11 is 0. The fraction of sp³-hybridized carbons (Fsp3) is 0.542. The van der Waals surface area contributed by atoms with Crippen molar-refractivity contribution in [3.05, 3.63) is 41.7 Å². The molecule has 0 heterocycles. The lowest BCUT2D eigenvalue weighted by atomic mass is 10.1. The summed E-state index contributed by atoms with van der Waals surface area (Å²) in [4.78, 5) is 32.9. The fourth-order valence-corrected chi connectivity index (χ4v) is 1.87. The molecule has 1 aromatic carbocycles. The van der Waals surface area contributed by atoms with Crippen LogP contribution in [0, 0.1) is 5.92 Å². The zero-order valence-electron chi connectivity index (χ0n) is 22.3. The SMILES string of the molecule is CCC(C)/C(=C\Nc1ccc(C(=O)O)cc1)NC(=O)NCCNC=O.CN.CO.COC(C)(C)C. The van der Waals surface area contributed by atoms with Crippen molar-refractivity contribution in [3.63, 3.8) is 0 Å². The van der Waals surface area contributed by atoms with Gasteiger partial charge in [-0.05, 0) is 64.4 Å². The van der Waals surface area contributed by atoms with Gasteiger partial charge in [-0.1, -0.05) is 13.8 Å². The number of aromatic carboxylic acids is 1. The minimum Gasteiger partial charge on any atom is -0.478 e. The van der Waals surface area contributed by atoms with Crippen molar-refractivity contribution in [3.8, 4) is 0 Å². The van der Waals surface area contributed by atoms with Crippen molar-refractivity contribution in [1.29, 1.82) is 0 Å². The number of nitrogens with two attached hydrogens (primary N) is 1. The zero-order valence-corrected chi connectivity index (χ0v) is 22.3. The number of urea groups is 1. The Bertz CT molecular complexity index is 718. The van der Waals surface area contributed by atoms with E-state index in [1.807, 2.05) is 34.6 Å². The lowest BCUT2D eigenvalue weighted by Gasteiger charge is -2.17. The zero-order chi connectivity index (χ0) is 27.9. The number of aliphatic hydroxyl groups is 1. The van der Waals surface area contributed by atoms with Gasteiger partial charge >= 0.3 is 12.0 Å². The van der Waals surface area contributed by atoms with Crippen LogP contribution in [0.2, 0.25) is 0 Å². The Morgan fingerprint density at radius 1 is 1.11 bits per heavy atom. The molecular weight excluding hydrogens is 454 g/mol. The third-order valence-corrected chi connectivity index (χ3v) is 4.18. The minimum absolute atomic E-state index is 0.0417. The molecule has 1 aromatic rings. The van der Waals surface area contributed by atoms with Gasteiger partial charge in [0.25, 0.3) is 0 Å². The highest BCUT2D eigenvalue weighted by atomic mass is 16.5. The van der Waals surface area contributed by atoms with Crippen molar-refractivity contribution in [2.75, 3.05) is 39.7 Å². The molecule has 0 fully saturated rings. The summed E-state index contributed by atoms with van der Waals surface area (Å²) in [5.74, 6) is -0.866. The van der Waals surface area contributed by atoms with Crippen molar-refractivity contribution in [2.45, 2.75) is 46.6 Å². The van der Waals surface area contributed by atoms with E-state index in [1.165, 1.54) is 19.2 Å². The average molecular weight is 500 g/mol. The van der Waals surface area contributed by atoms with E-state index in [-0.39, 0.29) is 23.1 Å². The van der Waals surface area contributed by atoms with Gasteiger partial charge in [-0.3, -0.25) is 4.79 Å². The van der Waals surface area contributed by atoms with Crippen LogP contribution in [-0.2, 0) is 9.53 Å². The second-order valence-corrected chi connectivity index (χ2v) is 7.71. The van der Waals surface area contributed by atoms with Crippen LogP contribution >= 0.6 is 0 Å². The topological polar surface area (TPSA) is 175 Å². The Hall–Kier alpha value is -3.15. The average Bonchev–Trinajstić information content (AvgIpc) is 2.86. The summed E-state index contributed by atoms with van der Waals surface area (Å²) < 4.78 is 4.94. The lowest BCUT2D eigenvalue weighted by molar-refractivity contribution is -0.109. The second kappa shape index (κ2) is 22.6. The van der Waals surface area contributed by atoms with E-state index in [1.54, 1.807) is 25.4 Å². The molecule has 8 N–H and O–H groups in total. The van der Waals surface area contributed by atoms with Crippen LogP contribution in [-0.4, -0.2) is 68.6 Å². The molecule has 0 bridgehead atoms. The molecule has 1 atom stereocenters. The predicted octanol–water partition coefficient (Wildman–Crippen LogP) is 2.34. The monoisotopic (exact) mass is 499 g/mol. The third kappa shape index (κ3) is 21.1. The van der Waals surface area contributed by atoms with E-state index < -0.39 is 5.97 Å². The van der Waals surface area contributed by atoms with Gasteiger partial charge in [0.2, 0.25) is 6.41 Å². The summed E-state index contributed by atoms with van der Waals surface area (Å²) in [6.07, 6.45) is 3.09. The molecule has 0 saturated heterocycles. The van der Waals surface area contributed by atoms with Crippen LogP contribution in [0.4, 0.5) is 10.5 Å². The van der Waals surface area contributed by atoms with Gasteiger partial charge in [0, 0.05) is 44.9 Å². The summed E-state index contributed by atoms with van der Waals surface area (Å²) in [5, 5.41) is 26.8. The number of aliphatic hydroxyl groups excluding tert-OH is 1. The van der Waals surface area contributed by atoms with Gasteiger partial charge < -0.3 is 42.0 Å². The number of carbonyl (C=O) groups is 3. The number of carbonyl (C=O) groups excluding carboxylic acids is 2. The van der Waals surface area contributed by atoms with Crippen molar-refractivity contribution < 1.29 is 29.3 Å². The molecule has 11 heteroatoms. The maximum Gasteiger partial charge on any atom is 0.335 e. The van der Waals surface area contributed by atoms with Crippen LogP contribution in [0.1, 0.15) is 51.4 Å². The smallest absolute Gasteiger partial charge is 0.335 e. The molecule has 0 saturated carbocycles. The van der Waals surface area contributed by atoms with Gasteiger partial charge in [0.15, 0.2) is 0 Å². The number of anilines is 1. The fourth-order valence-electron chi connectivity index (χ4n) is 1.87. The Morgan fingerprint density at radius 2 is 1.63 bits per heavy atom. The number of benzene rings is 1. The molecule has 0 spiro atoms. The first-order valence-corrected chi connectivity index (χ1v) is 11.1. The first-order valence-electron chi connectivity index (χ1n) is 11.1. The first kappa shape index (κ1) is 36.4. The van der Waals surface area contributed by atoms with E-state index in [4.69, 9.17) is 14.9 Å². The Morgan fingerprint density at radius 3 is 2.03 bits per heavy atom. The molecule has 11 nitrogen and oxygen atoms in total.